The molecule has 2 rings (SSSR count). The van der Waals surface area contributed by atoms with Crippen LogP contribution in [0.4, 0.5) is 0 Å². The van der Waals surface area contributed by atoms with Gasteiger partial charge in [0.1, 0.15) is 5.60 Å². The van der Waals surface area contributed by atoms with E-state index >= 15 is 0 Å². The van der Waals surface area contributed by atoms with Gasteiger partial charge in [-0.15, -0.1) is 0 Å². The smallest absolute Gasteiger partial charge is 0.118 e. The van der Waals surface area contributed by atoms with E-state index in [9.17, 15) is 5.11 Å². The third kappa shape index (κ3) is 1.47. The molecule has 0 radical (unpaired) electrons. The second-order valence-electron chi connectivity index (χ2n) is 3.73. The number of aliphatic hydroxyl groups is 1. The van der Waals surface area contributed by atoms with Crippen LogP contribution in [0.3, 0.4) is 0 Å². The number of benzene rings is 1. The summed E-state index contributed by atoms with van der Waals surface area (Å²) in [6.07, 6.45) is 0. The zero-order valence-electron chi connectivity index (χ0n) is 7.73. The second kappa shape index (κ2) is 3.13. The van der Waals surface area contributed by atoms with E-state index in [2.05, 4.69) is 0 Å². The standard InChI is InChI=1S/C11H14O2/c1-9(11(12)7-13-8-11)10-5-3-2-4-6-10/h2-6,9,12H,7-8H2,1H3. The lowest BCUT2D eigenvalue weighted by atomic mass is 9.82. The van der Waals surface area contributed by atoms with Crippen molar-refractivity contribution in [3.63, 3.8) is 0 Å². The second-order valence-corrected chi connectivity index (χ2v) is 3.73. The highest BCUT2D eigenvalue weighted by Gasteiger charge is 2.41. The Hall–Kier alpha value is -0.860. The summed E-state index contributed by atoms with van der Waals surface area (Å²) < 4.78 is 5.03. The van der Waals surface area contributed by atoms with Gasteiger partial charge in [-0.2, -0.15) is 0 Å². The van der Waals surface area contributed by atoms with Crippen molar-refractivity contribution in [3.8, 4) is 0 Å². The van der Waals surface area contributed by atoms with Crippen molar-refractivity contribution in [1.29, 1.82) is 0 Å². The summed E-state index contributed by atoms with van der Waals surface area (Å²) in [6, 6.07) is 10.1. The van der Waals surface area contributed by atoms with Crippen LogP contribution in [-0.2, 0) is 4.74 Å². The van der Waals surface area contributed by atoms with Crippen LogP contribution >= 0.6 is 0 Å². The molecule has 1 N–H and O–H groups in total. The van der Waals surface area contributed by atoms with Gasteiger partial charge < -0.3 is 9.84 Å². The van der Waals surface area contributed by atoms with E-state index in [4.69, 9.17) is 4.74 Å². The molecule has 2 heteroatoms. The number of rotatable bonds is 2. The van der Waals surface area contributed by atoms with Gasteiger partial charge in [0.2, 0.25) is 0 Å². The quantitative estimate of drug-likeness (QED) is 0.744. The van der Waals surface area contributed by atoms with Crippen LogP contribution in [0.25, 0.3) is 0 Å². The zero-order valence-corrected chi connectivity index (χ0v) is 7.73. The van der Waals surface area contributed by atoms with Crippen molar-refractivity contribution >= 4 is 0 Å². The van der Waals surface area contributed by atoms with Crippen LogP contribution in [0.5, 0.6) is 0 Å². The molecule has 0 spiro atoms. The summed E-state index contributed by atoms with van der Waals surface area (Å²) in [5.74, 6) is 0.155. The highest BCUT2D eigenvalue weighted by atomic mass is 16.5. The molecule has 1 heterocycles. The van der Waals surface area contributed by atoms with Gasteiger partial charge in [0.25, 0.3) is 0 Å². The predicted molar refractivity (Wildman–Crippen MR) is 50.6 cm³/mol. The largest absolute Gasteiger partial charge is 0.384 e. The Morgan fingerprint density at radius 3 is 2.38 bits per heavy atom. The highest BCUT2D eigenvalue weighted by molar-refractivity contribution is 5.23. The Balaban J connectivity index is 2.17. The molecule has 13 heavy (non-hydrogen) atoms. The lowest BCUT2D eigenvalue weighted by molar-refractivity contribution is -0.188. The van der Waals surface area contributed by atoms with Crippen molar-refractivity contribution in [2.45, 2.75) is 18.4 Å². The van der Waals surface area contributed by atoms with Crippen LogP contribution in [0.1, 0.15) is 18.4 Å². The molecule has 1 aromatic carbocycles. The van der Waals surface area contributed by atoms with Gasteiger partial charge in [0.15, 0.2) is 0 Å². The van der Waals surface area contributed by atoms with Gasteiger partial charge in [-0.25, -0.2) is 0 Å². The van der Waals surface area contributed by atoms with Gasteiger partial charge in [0.05, 0.1) is 13.2 Å². The predicted octanol–water partition coefficient (Wildman–Crippen LogP) is 1.55. The van der Waals surface area contributed by atoms with Crippen LogP contribution in [0, 0.1) is 0 Å². The molecule has 1 unspecified atom stereocenters. The molecular weight excluding hydrogens is 164 g/mol. The fourth-order valence-electron chi connectivity index (χ4n) is 1.61. The van der Waals surface area contributed by atoms with Gasteiger partial charge >= 0.3 is 0 Å². The van der Waals surface area contributed by atoms with Gasteiger partial charge in [-0.1, -0.05) is 37.3 Å². The van der Waals surface area contributed by atoms with Crippen molar-refractivity contribution in [1.82, 2.24) is 0 Å². The Morgan fingerprint density at radius 2 is 1.92 bits per heavy atom. The Morgan fingerprint density at radius 1 is 1.31 bits per heavy atom. The Labute approximate surface area is 78.2 Å². The Kier molecular flexibility index (Phi) is 2.10. The summed E-state index contributed by atoms with van der Waals surface area (Å²) in [6.45, 7) is 2.96. The van der Waals surface area contributed by atoms with E-state index in [0.29, 0.717) is 13.2 Å². The molecule has 0 saturated carbocycles. The van der Waals surface area contributed by atoms with Gasteiger partial charge in [0, 0.05) is 5.92 Å². The van der Waals surface area contributed by atoms with Crippen molar-refractivity contribution in [2.24, 2.45) is 0 Å². The van der Waals surface area contributed by atoms with Crippen molar-refractivity contribution < 1.29 is 9.84 Å². The molecule has 1 aliphatic heterocycles. The van der Waals surface area contributed by atoms with E-state index in [0.717, 1.165) is 0 Å². The fourth-order valence-corrected chi connectivity index (χ4v) is 1.61. The fraction of sp³-hybridized carbons (Fsp3) is 0.455. The molecular formula is C11H14O2. The normalized spacial score (nSPS) is 22.0. The molecule has 70 valence electrons. The van der Waals surface area contributed by atoms with E-state index < -0.39 is 5.60 Å². The SMILES string of the molecule is CC(c1ccccc1)C1(O)COC1. The Bertz CT molecular complexity index is 277. The molecule has 0 aromatic heterocycles. The summed E-state index contributed by atoms with van der Waals surface area (Å²) in [5.41, 5.74) is 0.537. The molecule has 0 bridgehead atoms. The minimum atomic E-state index is -0.638. The maximum absolute atomic E-state index is 10.0. The average Bonchev–Trinajstić information content (AvgIpc) is 2.14. The maximum atomic E-state index is 10.0. The zero-order chi connectivity index (χ0) is 9.31. The third-order valence-electron chi connectivity index (χ3n) is 2.81. The van der Waals surface area contributed by atoms with E-state index in [1.807, 2.05) is 37.3 Å². The first-order chi connectivity index (χ1) is 6.22. The van der Waals surface area contributed by atoms with Crippen LogP contribution in [0.15, 0.2) is 30.3 Å². The summed E-state index contributed by atoms with van der Waals surface area (Å²) >= 11 is 0. The van der Waals surface area contributed by atoms with Gasteiger partial charge in [-0.3, -0.25) is 0 Å². The van der Waals surface area contributed by atoms with E-state index in [1.165, 1.54) is 5.56 Å². The molecule has 1 fully saturated rings. The van der Waals surface area contributed by atoms with Crippen LogP contribution < -0.4 is 0 Å². The topological polar surface area (TPSA) is 29.5 Å². The van der Waals surface area contributed by atoms with Crippen LogP contribution in [-0.4, -0.2) is 23.9 Å². The molecule has 1 aromatic rings. The number of hydrogen-bond donors (Lipinski definition) is 1. The molecule has 0 aliphatic carbocycles. The van der Waals surface area contributed by atoms with Gasteiger partial charge in [-0.05, 0) is 5.56 Å². The first-order valence-corrected chi connectivity index (χ1v) is 4.57. The summed E-state index contributed by atoms with van der Waals surface area (Å²) in [4.78, 5) is 0. The first-order valence-electron chi connectivity index (χ1n) is 4.57. The minimum Gasteiger partial charge on any atom is -0.384 e. The summed E-state index contributed by atoms with van der Waals surface area (Å²) in [7, 11) is 0. The first kappa shape index (κ1) is 8.73. The highest BCUT2D eigenvalue weighted by Crippen LogP contribution is 2.33. The molecule has 1 saturated heterocycles. The monoisotopic (exact) mass is 178 g/mol. The molecule has 2 nitrogen and oxygen atoms in total. The van der Waals surface area contributed by atoms with Crippen molar-refractivity contribution in [3.05, 3.63) is 35.9 Å². The van der Waals surface area contributed by atoms with E-state index in [1.54, 1.807) is 0 Å². The average molecular weight is 178 g/mol. The van der Waals surface area contributed by atoms with Crippen LogP contribution in [0.2, 0.25) is 0 Å². The third-order valence-corrected chi connectivity index (χ3v) is 2.81. The molecule has 0 amide bonds. The lowest BCUT2D eigenvalue weighted by Gasteiger charge is -2.41. The molecule has 1 aliphatic rings. The molecule has 1 atom stereocenters. The van der Waals surface area contributed by atoms with Crippen molar-refractivity contribution in [2.75, 3.05) is 13.2 Å². The lowest BCUT2D eigenvalue weighted by Crippen LogP contribution is -2.53. The maximum Gasteiger partial charge on any atom is 0.118 e. The number of ether oxygens (including phenoxy) is 1. The summed E-state index contributed by atoms with van der Waals surface area (Å²) in [5, 5.41) is 10.0. The minimum absolute atomic E-state index is 0.155. The number of hydrogen-bond acceptors (Lipinski definition) is 2. The van der Waals surface area contributed by atoms with E-state index in [-0.39, 0.29) is 5.92 Å².